The van der Waals surface area contributed by atoms with Crippen molar-refractivity contribution in [3.8, 4) is 11.5 Å². The van der Waals surface area contributed by atoms with E-state index in [2.05, 4.69) is 55.0 Å². The van der Waals surface area contributed by atoms with Gasteiger partial charge in [0.25, 0.3) is 0 Å². The van der Waals surface area contributed by atoms with Crippen molar-refractivity contribution in [2.24, 2.45) is 56.7 Å². The average Bonchev–Trinajstić information content (AvgIpc) is 3.53. The number of fused-ring (bicyclic) bond motifs is 2. The molecule has 0 heterocycles. The topological polar surface area (TPSA) is 55.8 Å². The Hall–Kier alpha value is -2.23. The van der Waals surface area contributed by atoms with Crippen LogP contribution in [0, 0.1) is 56.7 Å². The lowest BCUT2D eigenvalue weighted by molar-refractivity contribution is -0.185. The fourth-order valence-electron chi connectivity index (χ4n) is 12.7. The molecule has 248 valence electrons. The van der Waals surface area contributed by atoms with E-state index in [0.717, 1.165) is 29.7 Å². The number of phenolic OH excluding ortho intramolecular Hbond substituents is 1. The van der Waals surface area contributed by atoms with Gasteiger partial charge in [-0.3, -0.25) is 0 Å². The Kier molecular flexibility index (Phi) is 8.13. The molecule has 0 saturated heterocycles. The summed E-state index contributed by atoms with van der Waals surface area (Å²) >= 11 is 0. The molecule has 4 heteroatoms. The normalized spacial score (nSPS) is 40.2. The zero-order valence-corrected chi connectivity index (χ0v) is 29.5. The van der Waals surface area contributed by atoms with E-state index in [9.17, 15) is 9.90 Å². The van der Waals surface area contributed by atoms with Gasteiger partial charge in [0.1, 0.15) is 6.10 Å². The third-order valence-corrected chi connectivity index (χ3v) is 15.3. The molecule has 0 aromatic heterocycles. The quantitative estimate of drug-likeness (QED) is 0.170. The van der Waals surface area contributed by atoms with Crippen molar-refractivity contribution in [2.45, 2.75) is 125 Å². The molecule has 0 amide bonds. The molecule has 1 aromatic rings. The third-order valence-electron chi connectivity index (χ3n) is 15.3. The Morgan fingerprint density at radius 2 is 1.78 bits per heavy atom. The summed E-state index contributed by atoms with van der Waals surface area (Å²) in [4.78, 5) is 13.1. The summed E-state index contributed by atoms with van der Waals surface area (Å²) in [6, 6.07) is 5.08. The molecule has 5 aliphatic carbocycles. The van der Waals surface area contributed by atoms with Gasteiger partial charge in [0, 0.05) is 11.5 Å². The summed E-state index contributed by atoms with van der Waals surface area (Å²) < 4.78 is 11.5. The number of aromatic hydroxyl groups is 1. The average molecular weight is 617 g/mol. The van der Waals surface area contributed by atoms with Gasteiger partial charge in [-0.15, -0.1) is 0 Å². The number of methoxy groups -OCH3 is 1. The van der Waals surface area contributed by atoms with E-state index < -0.39 is 0 Å². The zero-order chi connectivity index (χ0) is 32.6. The minimum atomic E-state index is -0.279. The summed E-state index contributed by atoms with van der Waals surface area (Å²) in [5.41, 5.74) is 3.97. The number of rotatable bonds is 9. The van der Waals surface area contributed by atoms with Crippen LogP contribution in [0.25, 0.3) is 6.08 Å². The lowest BCUT2D eigenvalue weighted by atomic mass is 9.41. The Morgan fingerprint density at radius 3 is 2.49 bits per heavy atom. The van der Waals surface area contributed by atoms with E-state index in [-0.39, 0.29) is 23.2 Å². The molecule has 1 N–H and O–H groups in total. The molecule has 2 spiro atoms. The van der Waals surface area contributed by atoms with Crippen LogP contribution in [0.1, 0.15) is 125 Å². The lowest BCUT2D eigenvalue weighted by Gasteiger charge is -2.64. The summed E-state index contributed by atoms with van der Waals surface area (Å²) in [5.74, 6) is 3.85. The molecule has 0 aliphatic heterocycles. The van der Waals surface area contributed by atoms with Gasteiger partial charge in [0.15, 0.2) is 11.5 Å². The predicted molar refractivity (Wildman–Crippen MR) is 183 cm³/mol. The van der Waals surface area contributed by atoms with Crippen molar-refractivity contribution >= 4 is 12.0 Å². The van der Waals surface area contributed by atoms with Crippen LogP contribution in [-0.2, 0) is 9.53 Å². The summed E-state index contributed by atoms with van der Waals surface area (Å²) in [7, 11) is 1.52. The van der Waals surface area contributed by atoms with E-state index >= 15 is 0 Å². The van der Waals surface area contributed by atoms with Gasteiger partial charge in [-0.25, -0.2) is 4.79 Å². The highest BCUT2D eigenvalue weighted by molar-refractivity contribution is 5.87. The first-order chi connectivity index (χ1) is 21.1. The monoisotopic (exact) mass is 616 g/mol. The molecule has 5 aliphatic rings. The van der Waals surface area contributed by atoms with Gasteiger partial charge in [-0.05, 0) is 146 Å². The van der Waals surface area contributed by atoms with Gasteiger partial charge in [-0.2, -0.15) is 0 Å². The standard InChI is InChI=1S/C41H60O4/c1-26(2)27(3)10-11-28(4)30-14-16-34-38(30,7)22-23-41-25-40(41)21-19-35(37(5,6)33(40)18-20-39(34,41)8)45-36(43)17-13-29-12-15-31(42)32(24-29)44-9/h12-13,15,17,24,26,28,30,33-35,42H,3,10-11,14,16,18-23,25H2,1-2,4-9H3/b17-13+/t28-,30-,33+,34?,35?,38-,39+,40-,41-/m1/s1. The maximum absolute atomic E-state index is 13.1. The molecule has 5 fully saturated rings. The summed E-state index contributed by atoms with van der Waals surface area (Å²) in [6.45, 7) is 21.7. The van der Waals surface area contributed by atoms with Crippen molar-refractivity contribution in [2.75, 3.05) is 7.11 Å². The first-order valence-corrected chi connectivity index (χ1v) is 18.1. The van der Waals surface area contributed by atoms with Crippen molar-refractivity contribution in [1.82, 2.24) is 0 Å². The fraction of sp³-hybridized carbons (Fsp3) is 0.732. The molecule has 2 unspecified atom stereocenters. The van der Waals surface area contributed by atoms with Gasteiger partial charge >= 0.3 is 5.97 Å². The second kappa shape index (κ2) is 11.2. The molecule has 5 saturated carbocycles. The molecule has 9 atom stereocenters. The smallest absolute Gasteiger partial charge is 0.331 e. The molecule has 6 rings (SSSR count). The number of allylic oxidation sites excluding steroid dienone is 1. The third kappa shape index (κ3) is 4.85. The maximum Gasteiger partial charge on any atom is 0.331 e. The van der Waals surface area contributed by atoms with Crippen molar-refractivity contribution in [3.05, 3.63) is 42.0 Å². The van der Waals surface area contributed by atoms with Crippen molar-refractivity contribution in [1.29, 1.82) is 0 Å². The lowest BCUT2D eigenvalue weighted by Crippen LogP contribution is -2.58. The molecule has 0 radical (unpaired) electrons. The fourth-order valence-corrected chi connectivity index (χ4v) is 12.7. The maximum atomic E-state index is 13.1. The van der Waals surface area contributed by atoms with Crippen LogP contribution in [0.5, 0.6) is 11.5 Å². The number of ether oxygens (including phenoxy) is 2. The van der Waals surface area contributed by atoms with Gasteiger partial charge in [0.05, 0.1) is 7.11 Å². The van der Waals surface area contributed by atoms with Crippen molar-refractivity contribution in [3.63, 3.8) is 0 Å². The van der Waals surface area contributed by atoms with Gasteiger partial charge < -0.3 is 14.6 Å². The molecule has 4 nitrogen and oxygen atoms in total. The number of carbonyl (C=O) groups is 1. The van der Waals surface area contributed by atoms with Crippen LogP contribution in [-0.4, -0.2) is 24.3 Å². The second-order valence-corrected chi connectivity index (χ2v) is 17.5. The van der Waals surface area contributed by atoms with Crippen molar-refractivity contribution < 1.29 is 19.4 Å². The van der Waals surface area contributed by atoms with Crippen LogP contribution in [0.4, 0.5) is 0 Å². The predicted octanol–water partition coefficient (Wildman–Crippen LogP) is 10.4. The molecule has 45 heavy (non-hydrogen) atoms. The van der Waals surface area contributed by atoms with E-state index in [0.29, 0.717) is 39.2 Å². The number of benzene rings is 1. The van der Waals surface area contributed by atoms with Crippen LogP contribution in [0.15, 0.2) is 36.4 Å². The van der Waals surface area contributed by atoms with Crippen LogP contribution in [0.3, 0.4) is 0 Å². The van der Waals surface area contributed by atoms with Crippen LogP contribution in [0.2, 0.25) is 0 Å². The number of phenols is 1. The SMILES string of the molecule is C=C(CC[C@@H](C)[C@H]1CCC2[C@]1(C)CC[C@]13C[C@@]14CCC(OC(=O)/C=C/c1ccc(O)c(OC)c1)C(C)(C)[C@@H]4CC[C@@]23C)C(C)C. The highest BCUT2D eigenvalue weighted by Gasteiger charge is 2.83. The van der Waals surface area contributed by atoms with E-state index in [4.69, 9.17) is 9.47 Å². The number of carbonyl (C=O) groups excluding carboxylic acids is 1. The largest absolute Gasteiger partial charge is 0.504 e. The molecule has 1 aromatic carbocycles. The molecular formula is C41H60O4. The Labute approximate surface area is 273 Å². The second-order valence-electron chi connectivity index (χ2n) is 17.5. The first-order valence-electron chi connectivity index (χ1n) is 18.1. The minimum Gasteiger partial charge on any atom is -0.504 e. The molecule has 0 bridgehead atoms. The number of esters is 1. The van der Waals surface area contributed by atoms with Crippen LogP contribution < -0.4 is 4.74 Å². The van der Waals surface area contributed by atoms with E-state index in [1.54, 1.807) is 24.3 Å². The summed E-state index contributed by atoms with van der Waals surface area (Å²) in [6.07, 6.45) is 17.5. The first kappa shape index (κ1) is 32.7. The zero-order valence-electron chi connectivity index (χ0n) is 29.5. The van der Waals surface area contributed by atoms with Gasteiger partial charge in [0.2, 0.25) is 0 Å². The van der Waals surface area contributed by atoms with Crippen LogP contribution >= 0.6 is 0 Å². The van der Waals surface area contributed by atoms with E-state index in [1.807, 2.05) is 0 Å². The highest BCUT2D eigenvalue weighted by atomic mass is 16.5. The van der Waals surface area contributed by atoms with Gasteiger partial charge in [-0.1, -0.05) is 66.7 Å². The molecular weight excluding hydrogens is 556 g/mol. The Morgan fingerprint density at radius 1 is 1.02 bits per heavy atom. The summed E-state index contributed by atoms with van der Waals surface area (Å²) in [5, 5.41) is 9.89. The number of hydrogen-bond acceptors (Lipinski definition) is 4. The van der Waals surface area contributed by atoms with E-state index in [1.165, 1.54) is 83.0 Å². The number of hydrogen-bond donors (Lipinski definition) is 1. The Bertz CT molecular complexity index is 1360. The highest BCUT2D eigenvalue weighted by Crippen LogP contribution is 2.90. The Balaban J connectivity index is 1.15. The minimum absolute atomic E-state index is 0.0410.